The van der Waals surface area contributed by atoms with Crippen molar-refractivity contribution < 1.29 is 0 Å². The molecule has 4 heteroatoms. The summed E-state index contributed by atoms with van der Waals surface area (Å²) in [4.78, 5) is 4.74. The smallest absolute Gasteiger partial charge is 0.131 e. The number of nitrogens with zero attached hydrogens (tertiary/aromatic N) is 2. The Kier molecular flexibility index (Phi) is 5.07. The Balaban J connectivity index is 2.43. The SMILES string of the molecule is CCCCn1c(CCC)nc(-c2cccc(Cl)c2)c1N. The Bertz CT molecular complexity index is 575. The van der Waals surface area contributed by atoms with Crippen molar-refractivity contribution >= 4 is 17.4 Å². The second kappa shape index (κ2) is 6.80. The van der Waals surface area contributed by atoms with Crippen LogP contribution in [0.4, 0.5) is 5.82 Å². The molecule has 108 valence electrons. The molecular weight excluding hydrogens is 270 g/mol. The number of imidazole rings is 1. The molecule has 0 aliphatic rings. The molecule has 2 aromatic rings. The van der Waals surface area contributed by atoms with Gasteiger partial charge in [0.1, 0.15) is 17.3 Å². The first-order chi connectivity index (χ1) is 9.67. The van der Waals surface area contributed by atoms with Crippen LogP contribution >= 0.6 is 11.6 Å². The molecule has 0 radical (unpaired) electrons. The lowest BCUT2D eigenvalue weighted by Crippen LogP contribution is -2.07. The minimum atomic E-state index is 0.710. The van der Waals surface area contributed by atoms with Gasteiger partial charge in [-0.15, -0.1) is 0 Å². The lowest BCUT2D eigenvalue weighted by atomic mass is 10.1. The van der Waals surface area contributed by atoms with E-state index in [9.17, 15) is 0 Å². The van der Waals surface area contributed by atoms with Gasteiger partial charge in [0.15, 0.2) is 0 Å². The summed E-state index contributed by atoms with van der Waals surface area (Å²) in [7, 11) is 0. The summed E-state index contributed by atoms with van der Waals surface area (Å²) < 4.78 is 2.16. The van der Waals surface area contributed by atoms with Gasteiger partial charge in [-0.3, -0.25) is 0 Å². The Morgan fingerprint density at radius 2 is 2.05 bits per heavy atom. The first-order valence-corrected chi connectivity index (χ1v) is 7.66. The van der Waals surface area contributed by atoms with Crippen LogP contribution in [0.3, 0.4) is 0 Å². The van der Waals surface area contributed by atoms with Crippen LogP contribution in [0.1, 0.15) is 38.9 Å². The van der Waals surface area contributed by atoms with Crippen molar-refractivity contribution in [2.45, 2.75) is 46.1 Å². The van der Waals surface area contributed by atoms with Gasteiger partial charge >= 0.3 is 0 Å². The molecule has 0 bridgehead atoms. The molecule has 1 aromatic heterocycles. The topological polar surface area (TPSA) is 43.8 Å². The number of aryl methyl sites for hydroxylation is 1. The number of nitrogens with two attached hydrogens (primary N) is 1. The van der Waals surface area contributed by atoms with E-state index in [1.807, 2.05) is 24.3 Å². The highest BCUT2D eigenvalue weighted by molar-refractivity contribution is 6.30. The fourth-order valence-electron chi connectivity index (χ4n) is 2.34. The summed E-state index contributed by atoms with van der Waals surface area (Å²) in [6.45, 7) is 5.28. The lowest BCUT2D eigenvalue weighted by Gasteiger charge is -2.08. The van der Waals surface area contributed by atoms with E-state index in [1.54, 1.807) is 0 Å². The molecule has 0 aliphatic carbocycles. The van der Waals surface area contributed by atoms with E-state index in [0.717, 1.165) is 55.1 Å². The lowest BCUT2D eigenvalue weighted by molar-refractivity contribution is 0.604. The zero-order valence-electron chi connectivity index (χ0n) is 12.2. The van der Waals surface area contributed by atoms with Gasteiger partial charge in [0.05, 0.1) is 0 Å². The third-order valence-electron chi connectivity index (χ3n) is 3.39. The quantitative estimate of drug-likeness (QED) is 0.849. The molecule has 0 fully saturated rings. The first kappa shape index (κ1) is 14.9. The van der Waals surface area contributed by atoms with Gasteiger partial charge in [0, 0.05) is 23.6 Å². The fourth-order valence-corrected chi connectivity index (χ4v) is 2.53. The monoisotopic (exact) mass is 291 g/mol. The predicted molar refractivity (Wildman–Crippen MR) is 86.0 cm³/mol. The van der Waals surface area contributed by atoms with Crippen LogP contribution in [0.2, 0.25) is 5.02 Å². The summed E-state index contributed by atoms with van der Waals surface area (Å²) in [6, 6.07) is 7.72. The van der Waals surface area contributed by atoms with Gasteiger partial charge in [-0.1, -0.05) is 44.0 Å². The van der Waals surface area contributed by atoms with E-state index in [-0.39, 0.29) is 0 Å². The number of hydrogen-bond acceptors (Lipinski definition) is 2. The number of nitrogen functional groups attached to an aromatic ring is 1. The normalized spacial score (nSPS) is 10.9. The Labute approximate surface area is 125 Å². The second-order valence-corrected chi connectivity index (χ2v) is 5.46. The average Bonchev–Trinajstić information content (AvgIpc) is 2.74. The second-order valence-electron chi connectivity index (χ2n) is 5.03. The van der Waals surface area contributed by atoms with Crippen molar-refractivity contribution in [1.29, 1.82) is 0 Å². The van der Waals surface area contributed by atoms with E-state index in [0.29, 0.717) is 5.02 Å². The zero-order valence-corrected chi connectivity index (χ0v) is 13.0. The summed E-state index contributed by atoms with van der Waals surface area (Å²) in [5.74, 6) is 1.83. The van der Waals surface area contributed by atoms with Crippen molar-refractivity contribution in [1.82, 2.24) is 9.55 Å². The number of anilines is 1. The van der Waals surface area contributed by atoms with Crippen LogP contribution < -0.4 is 5.73 Å². The molecule has 2 N–H and O–H groups in total. The largest absolute Gasteiger partial charge is 0.383 e. The van der Waals surface area contributed by atoms with Crippen LogP contribution in [0, 0.1) is 0 Å². The van der Waals surface area contributed by atoms with Crippen molar-refractivity contribution in [2.75, 3.05) is 5.73 Å². The maximum atomic E-state index is 6.31. The van der Waals surface area contributed by atoms with Crippen molar-refractivity contribution in [3.8, 4) is 11.3 Å². The van der Waals surface area contributed by atoms with Crippen molar-refractivity contribution in [2.24, 2.45) is 0 Å². The van der Waals surface area contributed by atoms with Gasteiger partial charge < -0.3 is 10.3 Å². The Morgan fingerprint density at radius 3 is 2.70 bits per heavy atom. The first-order valence-electron chi connectivity index (χ1n) is 7.28. The highest BCUT2D eigenvalue weighted by Crippen LogP contribution is 2.29. The fraction of sp³-hybridized carbons (Fsp3) is 0.438. The van der Waals surface area contributed by atoms with Gasteiger partial charge in [0.25, 0.3) is 0 Å². The van der Waals surface area contributed by atoms with Gasteiger partial charge in [0.2, 0.25) is 0 Å². The summed E-state index contributed by atoms with van der Waals surface area (Å²) in [5.41, 5.74) is 8.16. The van der Waals surface area contributed by atoms with Crippen molar-refractivity contribution in [3.63, 3.8) is 0 Å². The number of unbranched alkanes of at least 4 members (excludes halogenated alkanes) is 1. The number of aromatic nitrogens is 2. The predicted octanol–water partition coefficient (Wildman–Crippen LogP) is 4.54. The molecule has 0 aliphatic heterocycles. The molecule has 0 spiro atoms. The molecule has 1 heterocycles. The van der Waals surface area contributed by atoms with E-state index < -0.39 is 0 Å². The molecule has 1 aromatic carbocycles. The van der Waals surface area contributed by atoms with E-state index in [1.165, 1.54) is 0 Å². The number of hydrogen-bond donors (Lipinski definition) is 1. The van der Waals surface area contributed by atoms with E-state index >= 15 is 0 Å². The molecule has 0 atom stereocenters. The highest BCUT2D eigenvalue weighted by atomic mass is 35.5. The summed E-state index contributed by atoms with van der Waals surface area (Å²) in [5, 5.41) is 0.710. The summed E-state index contributed by atoms with van der Waals surface area (Å²) >= 11 is 6.06. The summed E-state index contributed by atoms with van der Waals surface area (Å²) in [6.07, 6.45) is 4.29. The minimum Gasteiger partial charge on any atom is -0.383 e. The minimum absolute atomic E-state index is 0.710. The van der Waals surface area contributed by atoms with Crippen molar-refractivity contribution in [3.05, 3.63) is 35.1 Å². The van der Waals surface area contributed by atoms with Gasteiger partial charge in [-0.05, 0) is 25.0 Å². The average molecular weight is 292 g/mol. The molecule has 0 unspecified atom stereocenters. The van der Waals surface area contributed by atoms with E-state index in [4.69, 9.17) is 22.3 Å². The van der Waals surface area contributed by atoms with Crippen LogP contribution in [0.15, 0.2) is 24.3 Å². The van der Waals surface area contributed by atoms with Crippen LogP contribution in [-0.4, -0.2) is 9.55 Å². The molecule has 2 rings (SSSR count). The standard InChI is InChI=1S/C16H22ClN3/c1-3-5-10-20-14(7-4-2)19-15(16(20)18)12-8-6-9-13(17)11-12/h6,8-9,11H,3-5,7,10,18H2,1-2H3. The van der Waals surface area contributed by atoms with Crippen LogP contribution in [0.5, 0.6) is 0 Å². The molecule has 0 saturated heterocycles. The van der Waals surface area contributed by atoms with Crippen LogP contribution in [-0.2, 0) is 13.0 Å². The Hall–Kier alpha value is -1.48. The van der Waals surface area contributed by atoms with Crippen LogP contribution in [0.25, 0.3) is 11.3 Å². The van der Waals surface area contributed by atoms with Gasteiger partial charge in [-0.2, -0.15) is 0 Å². The Morgan fingerprint density at radius 1 is 1.25 bits per heavy atom. The molecule has 20 heavy (non-hydrogen) atoms. The number of rotatable bonds is 6. The maximum Gasteiger partial charge on any atom is 0.131 e. The molecule has 0 amide bonds. The van der Waals surface area contributed by atoms with E-state index in [2.05, 4.69) is 18.4 Å². The third kappa shape index (κ3) is 3.15. The molecular formula is C16H22ClN3. The third-order valence-corrected chi connectivity index (χ3v) is 3.63. The zero-order chi connectivity index (χ0) is 14.5. The highest BCUT2D eigenvalue weighted by Gasteiger charge is 2.15. The number of benzene rings is 1. The maximum absolute atomic E-state index is 6.31. The molecule has 0 saturated carbocycles. The number of halogens is 1. The van der Waals surface area contributed by atoms with Gasteiger partial charge in [-0.25, -0.2) is 4.98 Å². The molecule has 3 nitrogen and oxygen atoms in total.